The Morgan fingerprint density at radius 3 is 2.76 bits per heavy atom. The van der Waals surface area contributed by atoms with Crippen LogP contribution in [0.25, 0.3) is 11.0 Å². The second kappa shape index (κ2) is 5.40. The largest absolute Gasteiger partial charge is 0.384 e. The van der Waals surface area contributed by atoms with E-state index in [2.05, 4.69) is 28.6 Å². The summed E-state index contributed by atoms with van der Waals surface area (Å²) in [6, 6.07) is 16.0. The van der Waals surface area contributed by atoms with Gasteiger partial charge in [-0.05, 0) is 23.8 Å². The van der Waals surface area contributed by atoms with Crippen LogP contribution in [0, 0.1) is 5.41 Å². The summed E-state index contributed by atoms with van der Waals surface area (Å²) in [5, 5.41) is 7.55. The average molecular weight is 278 g/mol. The van der Waals surface area contributed by atoms with Gasteiger partial charge in [0.15, 0.2) is 0 Å². The molecule has 3 aromatic rings. The fourth-order valence-corrected chi connectivity index (χ4v) is 2.59. The molecule has 0 aliphatic heterocycles. The van der Waals surface area contributed by atoms with Gasteiger partial charge in [-0.25, -0.2) is 4.98 Å². The van der Waals surface area contributed by atoms with E-state index in [1.807, 2.05) is 36.4 Å². The number of aromatic nitrogens is 2. The zero-order chi connectivity index (χ0) is 14.8. The van der Waals surface area contributed by atoms with Gasteiger partial charge in [0.25, 0.3) is 0 Å². The first-order valence-electron chi connectivity index (χ1n) is 7.06. The maximum Gasteiger partial charge on any atom is 0.122 e. The Labute approximate surface area is 123 Å². The van der Waals surface area contributed by atoms with E-state index in [1.54, 1.807) is 0 Å². The van der Waals surface area contributed by atoms with E-state index >= 15 is 0 Å². The first-order chi connectivity index (χ1) is 10.2. The molecular weight excluding hydrogens is 260 g/mol. The highest BCUT2D eigenvalue weighted by atomic mass is 15.1. The SMILES string of the molecule is CCc1nc2ccccc2n1Cc1cccc(C(=N)N)c1. The Bertz CT molecular complexity index is 801. The van der Waals surface area contributed by atoms with Crippen molar-refractivity contribution in [2.24, 2.45) is 5.73 Å². The summed E-state index contributed by atoms with van der Waals surface area (Å²) < 4.78 is 2.23. The number of nitrogen functional groups attached to an aromatic ring is 1. The van der Waals surface area contributed by atoms with Gasteiger partial charge in [0, 0.05) is 18.5 Å². The molecule has 0 spiro atoms. The minimum Gasteiger partial charge on any atom is -0.384 e. The second-order valence-electron chi connectivity index (χ2n) is 5.07. The zero-order valence-electron chi connectivity index (χ0n) is 12.0. The Morgan fingerprint density at radius 2 is 2.00 bits per heavy atom. The molecule has 106 valence electrons. The van der Waals surface area contributed by atoms with Crippen molar-refractivity contribution in [2.75, 3.05) is 0 Å². The van der Waals surface area contributed by atoms with E-state index in [4.69, 9.17) is 11.1 Å². The maximum absolute atomic E-state index is 7.55. The predicted octanol–water partition coefficient (Wildman–Crippen LogP) is 2.93. The van der Waals surface area contributed by atoms with Crippen LogP contribution in [0.2, 0.25) is 0 Å². The fourth-order valence-electron chi connectivity index (χ4n) is 2.59. The van der Waals surface area contributed by atoms with Gasteiger partial charge in [-0.1, -0.05) is 37.3 Å². The highest BCUT2D eigenvalue weighted by Crippen LogP contribution is 2.18. The van der Waals surface area contributed by atoms with Crippen LogP contribution < -0.4 is 5.73 Å². The predicted molar refractivity (Wildman–Crippen MR) is 85.7 cm³/mol. The summed E-state index contributed by atoms with van der Waals surface area (Å²) in [5.41, 5.74) is 9.62. The number of para-hydroxylation sites is 2. The monoisotopic (exact) mass is 278 g/mol. The molecule has 0 aliphatic carbocycles. The van der Waals surface area contributed by atoms with Crippen LogP contribution in [0.15, 0.2) is 48.5 Å². The van der Waals surface area contributed by atoms with Crippen molar-refractivity contribution in [1.82, 2.24) is 9.55 Å². The third-order valence-electron chi connectivity index (χ3n) is 3.63. The number of fused-ring (bicyclic) bond motifs is 1. The van der Waals surface area contributed by atoms with Gasteiger partial charge in [-0.15, -0.1) is 0 Å². The van der Waals surface area contributed by atoms with Crippen molar-refractivity contribution in [2.45, 2.75) is 19.9 Å². The topological polar surface area (TPSA) is 67.7 Å². The number of imidazole rings is 1. The Balaban J connectivity index is 2.05. The fraction of sp³-hybridized carbons (Fsp3) is 0.176. The Kier molecular flexibility index (Phi) is 3.44. The molecule has 1 heterocycles. The molecule has 0 saturated carbocycles. The lowest BCUT2D eigenvalue weighted by Crippen LogP contribution is -2.12. The third kappa shape index (κ3) is 2.52. The molecule has 0 aliphatic rings. The van der Waals surface area contributed by atoms with E-state index in [9.17, 15) is 0 Å². The van der Waals surface area contributed by atoms with Crippen LogP contribution in [0.5, 0.6) is 0 Å². The molecule has 1 aromatic heterocycles. The van der Waals surface area contributed by atoms with Crippen LogP contribution in [-0.2, 0) is 13.0 Å². The molecule has 0 saturated heterocycles. The number of nitrogens with one attached hydrogen (secondary N) is 1. The average Bonchev–Trinajstić information content (AvgIpc) is 2.86. The van der Waals surface area contributed by atoms with Crippen molar-refractivity contribution < 1.29 is 0 Å². The molecule has 4 heteroatoms. The molecule has 4 nitrogen and oxygen atoms in total. The van der Waals surface area contributed by atoms with Crippen molar-refractivity contribution in [1.29, 1.82) is 5.41 Å². The molecular formula is C17H18N4. The highest BCUT2D eigenvalue weighted by Gasteiger charge is 2.09. The van der Waals surface area contributed by atoms with Crippen LogP contribution in [0.3, 0.4) is 0 Å². The molecule has 2 aromatic carbocycles. The summed E-state index contributed by atoms with van der Waals surface area (Å²) in [6.45, 7) is 2.86. The summed E-state index contributed by atoms with van der Waals surface area (Å²) in [4.78, 5) is 4.68. The molecule has 0 atom stereocenters. The van der Waals surface area contributed by atoms with Crippen molar-refractivity contribution >= 4 is 16.9 Å². The number of rotatable bonds is 4. The van der Waals surface area contributed by atoms with Gasteiger partial charge in [0.05, 0.1) is 11.0 Å². The molecule has 3 N–H and O–H groups in total. The van der Waals surface area contributed by atoms with Crippen LogP contribution in [0.4, 0.5) is 0 Å². The highest BCUT2D eigenvalue weighted by molar-refractivity contribution is 5.95. The minimum atomic E-state index is 0.100. The second-order valence-corrected chi connectivity index (χ2v) is 5.07. The van der Waals surface area contributed by atoms with E-state index in [1.165, 1.54) is 0 Å². The van der Waals surface area contributed by atoms with Crippen LogP contribution >= 0.6 is 0 Å². The van der Waals surface area contributed by atoms with Crippen molar-refractivity contribution in [3.05, 3.63) is 65.5 Å². The number of aryl methyl sites for hydroxylation is 1. The van der Waals surface area contributed by atoms with E-state index in [0.29, 0.717) is 0 Å². The first kappa shape index (κ1) is 13.4. The number of hydrogen-bond donors (Lipinski definition) is 2. The lowest BCUT2D eigenvalue weighted by atomic mass is 10.1. The molecule has 0 radical (unpaired) electrons. The molecule has 0 fully saturated rings. The van der Waals surface area contributed by atoms with Gasteiger partial charge >= 0.3 is 0 Å². The van der Waals surface area contributed by atoms with Crippen molar-refractivity contribution in [3.8, 4) is 0 Å². The molecule has 0 amide bonds. The maximum atomic E-state index is 7.55. The zero-order valence-corrected chi connectivity index (χ0v) is 12.0. The van der Waals surface area contributed by atoms with E-state index < -0.39 is 0 Å². The minimum absolute atomic E-state index is 0.100. The van der Waals surface area contributed by atoms with Gasteiger partial charge in [0.2, 0.25) is 0 Å². The number of nitrogens with two attached hydrogens (primary N) is 1. The standard InChI is InChI=1S/C17H18N4/c1-2-16-20-14-8-3-4-9-15(14)21(16)11-12-6-5-7-13(10-12)17(18)19/h3-10H,2,11H2,1H3,(H3,18,19). The van der Waals surface area contributed by atoms with Gasteiger partial charge in [-0.3, -0.25) is 5.41 Å². The normalized spacial score (nSPS) is 10.9. The first-order valence-corrected chi connectivity index (χ1v) is 7.06. The van der Waals surface area contributed by atoms with Crippen LogP contribution in [0.1, 0.15) is 23.9 Å². The van der Waals surface area contributed by atoms with E-state index in [0.717, 1.165) is 41.0 Å². The lowest BCUT2D eigenvalue weighted by molar-refractivity contribution is 0.753. The van der Waals surface area contributed by atoms with Crippen molar-refractivity contribution in [3.63, 3.8) is 0 Å². The van der Waals surface area contributed by atoms with E-state index in [-0.39, 0.29) is 5.84 Å². The smallest absolute Gasteiger partial charge is 0.122 e. The third-order valence-corrected chi connectivity index (χ3v) is 3.63. The Morgan fingerprint density at radius 1 is 1.19 bits per heavy atom. The molecule has 3 rings (SSSR count). The summed E-state index contributed by atoms with van der Waals surface area (Å²) in [6.07, 6.45) is 0.890. The number of nitrogens with zero attached hydrogens (tertiary/aromatic N) is 2. The number of amidine groups is 1. The lowest BCUT2D eigenvalue weighted by Gasteiger charge is -2.09. The molecule has 0 unspecified atom stereocenters. The number of benzene rings is 2. The summed E-state index contributed by atoms with van der Waals surface area (Å²) in [7, 11) is 0. The molecule has 21 heavy (non-hydrogen) atoms. The number of hydrogen-bond acceptors (Lipinski definition) is 2. The van der Waals surface area contributed by atoms with Crippen LogP contribution in [-0.4, -0.2) is 15.4 Å². The Hall–Kier alpha value is -2.62. The quantitative estimate of drug-likeness (QED) is 0.569. The summed E-state index contributed by atoms with van der Waals surface area (Å²) in [5.74, 6) is 1.17. The molecule has 0 bridgehead atoms. The van der Waals surface area contributed by atoms with Gasteiger partial charge in [-0.2, -0.15) is 0 Å². The van der Waals surface area contributed by atoms with Gasteiger partial charge < -0.3 is 10.3 Å². The van der Waals surface area contributed by atoms with Gasteiger partial charge in [0.1, 0.15) is 11.7 Å². The summed E-state index contributed by atoms with van der Waals surface area (Å²) >= 11 is 0.